The molecule has 1 amide bonds. The fraction of sp³-hybridized carbons (Fsp3) is 0.833. The number of carboxylic acid groups (broad SMARTS) is 1. The Balaban J connectivity index is 2.89. The van der Waals surface area contributed by atoms with Gasteiger partial charge in [0.15, 0.2) is 0 Å². The van der Waals surface area contributed by atoms with Crippen LogP contribution in [0.15, 0.2) is 0 Å². The van der Waals surface area contributed by atoms with E-state index in [1.165, 1.54) is 0 Å². The molecule has 1 aliphatic rings. The van der Waals surface area contributed by atoms with Gasteiger partial charge in [-0.25, -0.2) is 0 Å². The highest BCUT2D eigenvalue weighted by atomic mass is 16.4. The minimum absolute atomic E-state index is 0.107. The molecule has 0 radical (unpaired) electrons. The summed E-state index contributed by atoms with van der Waals surface area (Å²) < 4.78 is 0. The largest absolute Gasteiger partial charge is 0.481 e. The van der Waals surface area contributed by atoms with Crippen molar-refractivity contribution < 1.29 is 14.7 Å². The Bertz CT molecular complexity index is 309. The average Bonchev–Trinajstić information content (AvgIpc) is 2.25. The second kappa shape index (κ2) is 5.04. The van der Waals surface area contributed by atoms with Crippen LogP contribution in [0.5, 0.6) is 0 Å². The van der Waals surface area contributed by atoms with Crippen LogP contribution >= 0.6 is 0 Å². The summed E-state index contributed by atoms with van der Waals surface area (Å²) in [5.41, 5.74) is -0.264. The molecule has 1 heterocycles. The third kappa shape index (κ3) is 3.70. The Labute approximate surface area is 102 Å². The lowest BCUT2D eigenvalue weighted by atomic mass is 10.0. The molecule has 1 saturated heterocycles. The summed E-state index contributed by atoms with van der Waals surface area (Å²) in [4.78, 5) is 24.8. The van der Waals surface area contributed by atoms with Crippen molar-refractivity contribution in [3.8, 4) is 0 Å². The first-order valence-corrected chi connectivity index (χ1v) is 6.01. The number of hydrogen-bond donors (Lipinski definition) is 2. The minimum Gasteiger partial charge on any atom is -0.481 e. The molecular formula is C12H22N2O3. The lowest BCUT2D eigenvalue weighted by molar-refractivity contribution is -0.144. The maximum atomic E-state index is 12.3. The summed E-state index contributed by atoms with van der Waals surface area (Å²) in [6.07, 6.45) is 0.689. The molecule has 1 rings (SSSR count). The van der Waals surface area contributed by atoms with Gasteiger partial charge in [0, 0.05) is 18.1 Å². The first-order chi connectivity index (χ1) is 7.71. The van der Waals surface area contributed by atoms with Crippen LogP contribution < -0.4 is 5.32 Å². The van der Waals surface area contributed by atoms with E-state index < -0.39 is 12.0 Å². The van der Waals surface area contributed by atoms with Gasteiger partial charge in [0.25, 0.3) is 0 Å². The summed E-state index contributed by atoms with van der Waals surface area (Å²) in [6, 6.07) is -0.445. The van der Waals surface area contributed by atoms with Crippen LogP contribution in [0.25, 0.3) is 0 Å². The van der Waals surface area contributed by atoms with E-state index in [0.29, 0.717) is 6.54 Å². The van der Waals surface area contributed by atoms with Gasteiger partial charge in [-0.3, -0.25) is 9.59 Å². The molecule has 1 aliphatic heterocycles. The van der Waals surface area contributed by atoms with Crippen LogP contribution in [0.3, 0.4) is 0 Å². The Kier molecular flexibility index (Phi) is 4.14. The van der Waals surface area contributed by atoms with Gasteiger partial charge in [-0.05, 0) is 34.1 Å². The number of rotatable bonds is 2. The van der Waals surface area contributed by atoms with Crippen molar-refractivity contribution in [3.63, 3.8) is 0 Å². The molecule has 2 N–H and O–H groups in total. The SMILES string of the molecule is CC1CCN(C(C)(C)C)C(=O)C(CC(=O)O)N1. The molecule has 0 spiro atoms. The van der Waals surface area contributed by atoms with E-state index >= 15 is 0 Å². The number of carboxylic acids is 1. The lowest BCUT2D eigenvalue weighted by Crippen LogP contribution is -2.52. The first kappa shape index (κ1) is 14.0. The van der Waals surface area contributed by atoms with Gasteiger partial charge in [-0.1, -0.05) is 0 Å². The first-order valence-electron chi connectivity index (χ1n) is 6.01. The van der Waals surface area contributed by atoms with Crippen LogP contribution in [-0.4, -0.2) is 46.1 Å². The number of hydrogen-bond acceptors (Lipinski definition) is 3. The molecule has 0 aliphatic carbocycles. The Morgan fingerprint density at radius 1 is 1.53 bits per heavy atom. The zero-order valence-electron chi connectivity index (χ0n) is 11.0. The van der Waals surface area contributed by atoms with Crippen molar-refractivity contribution >= 4 is 11.9 Å². The van der Waals surface area contributed by atoms with Gasteiger partial charge in [0.2, 0.25) is 5.91 Å². The molecule has 5 nitrogen and oxygen atoms in total. The van der Waals surface area contributed by atoms with Crippen molar-refractivity contribution in [3.05, 3.63) is 0 Å². The molecule has 0 aromatic rings. The van der Waals surface area contributed by atoms with E-state index in [-0.39, 0.29) is 23.9 Å². The van der Waals surface area contributed by atoms with Gasteiger partial charge in [0.05, 0.1) is 12.5 Å². The van der Waals surface area contributed by atoms with Crippen molar-refractivity contribution in [1.29, 1.82) is 0 Å². The number of amides is 1. The molecule has 17 heavy (non-hydrogen) atoms. The van der Waals surface area contributed by atoms with Crippen LogP contribution in [0.1, 0.15) is 40.5 Å². The highest BCUT2D eigenvalue weighted by molar-refractivity contribution is 5.87. The minimum atomic E-state index is -0.946. The van der Waals surface area contributed by atoms with Crippen molar-refractivity contribution in [1.82, 2.24) is 10.2 Å². The fourth-order valence-electron chi connectivity index (χ4n) is 2.11. The molecule has 0 bridgehead atoms. The normalized spacial score (nSPS) is 26.8. The monoisotopic (exact) mass is 242 g/mol. The van der Waals surface area contributed by atoms with Crippen LogP contribution in [0.2, 0.25) is 0 Å². The number of nitrogens with zero attached hydrogens (tertiary/aromatic N) is 1. The van der Waals surface area contributed by atoms with Crippen molar-refractivity contribution in [2.75, 3.05) is 6.54 Å². The van der Waals surface area contributed by atoms with Gasteiger partial charge in [-0.2, -0.15) is 0 Å². The second-order valence-electron chi connectivity index (χ2n) is 5.67. The molecule has 0 saturated carbocycles. The lowest BCUT2D eigenvalue weighted by Gasteiger charge is -2.36. The van der Waals surface area contributed by atoms with Crippen molar-refractivity contribution in [2.24, 2.45) is 0 Å². The van der Waals surface area contributed by atoms with Gasteiger partial charge in [-0.15, -0.1) is 0 Å². The maximum Gasteiger partial charge on any atom is 0.305 e. The van der Waals surface area contributed by atoms with Crippen LogP contribution in [0, 0.1) is 0 Å². The number of nitrogens with one attached hydrogen (secondary N) is 1. The number of carbonyl (C=O) groups is 2. The van der Waals surface area contributed by atoms with E-state index in [2.05, 4.69) is 5.32 Å². The summed E-state index contributed by atoms with van der Waals surface area (Å²) in [7, 11) is 0. The van der Waals surface area contributed by atoms with Crippen molar-refractivity contribution in [2.45, 2.75) is 58.2 Å². The summed E-state index contributed by atoms with van der Waals surface area (Å²) in [6.45, 7) is 8.57. The molecular weight excluding hydrogens is 220 g/mol. The van der Waals surface area contributed by atoms with Crippen LogP contribution in [-0.2, 0) is 9.59 Å². The fourth-order valence-corrected chi connectivity index (χ4v) is 2.11. The molecule has 2 unspecified atom stereocenters. The molecule has 5 heteroatoms. The van der Waals surface area contributed by atoms with E-state index in [1.54, 1.807) is 4.90 Å². The Hall–Kier alpha value is -1.10. The number of carbonyl (C=O) groups excluding carboxylic acids is 1. The third-order valence-electron chi connectivity index (χ3n) is 3.02. The van der Waals surface area contributed by atoms with Gasteiger partial charge in [0.1, 0.15) is 0 Å². The Morgan fingerprint density at radius 3 is 2.59 bits per heavy atom. The average molecular weight is 242 g/mol. The van der Waals surface area contributed by atoms with Crippen LogP contribution in [0.4, 0.5) is 0 Å². The summed E-state index contributed by atoms with van der Waals surface area (Å²) in [5, 5.41) is 11.9. The summed E-state index contributed by atoms with van der Waals surface area (Å²) >= 11 is 0. The Morgan fingerprint density at radius 2 is 2.12 bits per heavy atom. The van der Waals surface area contributed by atoms with Gasteiger partial charge >= 0.3 is 5.97 Å². The molecule has 0 aromatic carbocycles. The maximum absolute atomic E-state index is 12.3. The zero-order valence-corrected chi connectivity index (χ0v) is 11.0. The van der Waals surface area contributed by atoms with Gasteiger partial charge < -0.3 is 15.3 Å². The smallest absolute Gasteiger partial charge is 0.305 e. The molecule has 98 valence electrons. The summed E-state index contributed by atoms with van der Waals surface area (Å²) in [5.74, 6) is -1.05. The highest BCUT2D eigenvalue weighted by Crippen LogP contribution is 2.19. The predicted molar refractivity (Wildman–Crippen MR) is 64.7 cm³/mol. The molecule has 1 fully saturated rings. The van der Waals surface area contributed by atoms with E-state index in [9.17, 15) is 9.59 Å². The van der Waals surface area contributed by atoms with E-state index in [0.717, 1.165) is 6.42 Å². The molecule has 2 atom stereocenters. The topological polar surface area (TPSA) is 69.6 Å². The predicted octanol–water partition coefficient (Wildman–Crippen LogP) is 0.839. The quantitative estimate of drug-likeness (QED) is 0.753. The van der Waals surface area contributed by atoms with E-state index in [1.807, 2.05) is 27.7 Å². The second-order valence-corrected chi connectivity index (χ2v) is 5.67. The highest BCUT2D eigenvalue weighted by Gasteiger charge is 2.35. The zero-order chi connectivity index (χ0) is 13.2. The van der Waals surface area contributed by atoms with E-state index in [4.69, 9.17) is 5.11 Å². The standard InChI is InChI=1S/C12H22N2O3/c1-8-5-6-14(12(2,3)4)11(17)9(13-8)7-10(15)16/h8-9,13H,5-7H2,1-4H3,(H,15,16). The number of aliphatic carboxylic acids is 1. The molecule has 0 aromatic heterocycles. The third-order valence-corrected chi connectivity index (χ3v) is 3.02.